The van der Waals surface area contributed by atoms with Crippen molar-refractivity contribution >= 4 is 22.5 Å². The molecule has 0 saturated carbocycles. The number of ether oxygens (including phenoxy) is 1. The van der Waals surface area contributed by atoms with Crippen molar-refractivity contribution in [3.63, 3.8) is 0 Å². The summed E-state index contributed by atoms with van der Waals surface area (Å²) < 4.78 is 18.9. The molecule has 5 heteroatoms. The fraction of sp³-hybridized carbons (Fsp3) is 0.375. The van der Waals surface area contributed by atoms with Crippen molar-refractivity contribution in [2.75, 3.05) is 43.9 Å². The zero-order valence-corrected chi connectivity index (χ0v) is 21.4. The maximum atomic E-state index is 12.5. The number of hydrogen-bond acceptors (Lipinski definition) is 4. The number of allylic oxidation sites excluding steroid dienone is 1. The highest BCUT2D eigenvalue weighted by atomic mass is 19.1. The van der Waals surface area contributed by atoms with Gasteiger partial charge in [0.15, 0.2) is 0 Å². The number of benzene rings is 3. The Balaban J connectivity index is 1.33. The number of nitrogens with zero attached hydrogens (tertiary/aromatic N) is 1. The normalized spacial score (nSPS) is 19.3. The van der Waals surface area contributed by atoms with Gasteiger partial charge in [-0.15, -0.1) is 0 Å². The van der Waals surface area contributed by atoms with E-state index in [9.17, 15) is 4.39 Å². The van der Waals surface area contributed by atoms with E-state index in [1.165, 1.54) is 44.7 Å². The SMILES string of the molecule is Nc1ccc2c(c1)CCCC(c1ccc3c(c1)CCN3)=C2c1ccc(O[C@H]2CCN(CCCF)C2)cc1. The van der Waals surface area contributed by atoms with Crippen molar-refractivity contribution < 1.29 is 9.13 Å². The number of likely N-dealkylation sites (tertiary alicyclic amines) is 1. The Bertz CT molecular complexity index is 1300. The molecule has 0 aromatic heterocycles. The van der Waals surface area contributed by atoms with Crippen LogP contribution < -0.4 is 15.8 Å². The van der Waals surface area contributed by atoms with E-state index in [2.05, 4.69) is 64.8 Å². The average Bonchev–Trinajstić information content (AvgIpc) is 3.53. The largest absolute Gasteiger partial charge is 0.489 e. The van der Waals surface area contributed by atoms with Crippen LogP contribution in [-0.2, 0) is 12.8 Å². The number of nitrogens with one attached hydrogen (secondary N) is 1. The van der Waals surface area contributed by atoms with Crippen LogP contribution in [0.5, 0.6) is 5.75 Å². The van der Waals surface area contributed by atoms with Crippen LogP contribution in [0, 0.1) is 0 Å². The molecular weight excluding hydrogens is 461 g/mol. The van der Waals surface area contributed by atoms with Gasteiger partial charge in [0.1, 0.15) is 11.9 Å². The number of anilines is 2. The third kappa shape index (κ3) is 5.10. The first-order chi connectivity index (χ1) is 18.2. The molecule has 2 aliphatic heterocycles. The van der Waals surface area contributed by atoms with Crippen LogP contribution in [0.1, 0.15) is 53.5 Å². The Kier molecular flexibility index (Phi) is 6.88. The van der Waals surface area contributed by atoms with Gasteiger partial charge in [-0.05, 0) is 114 Å². The number of hydrogen-bond donors (Lipinski definition) is 2. The van der Waals surface area contributed by atoms with Gasteiger partial charge in [0.2, 0.25) is 0 Å². The molecule has 0 spiro atoms. The van der Waals surface area contributed by atoms with E-state index in [-0.39, 0.29) is 12.8 Å². The molecule has 3 aromatic rings. The van der Waals surface area contributed by atoms with E-state index < -0.39 is 0 Å². The number of fused-ring (bicyclic) bond motifs is 2. The number of halogens is 1. The minimum Gasteiger partial charge on any atom is -0.489 e. The zero-order valence-electron chi connectivity index (χ0n) is 21.4. The van der Waals surface area contributed by atoms with Crippen molar-refractivity contribution in [1.82, 2.24) is 4.90 Å². The third-order valence-electron chi connectivity index (χ3n) is 8.02. The first-order valence-electron chi connectivity index (χ1n) is 13.7. The minimum absolute atomic E-state index is 0.168. The van der Waals surface area contributed by atoms with Crippen LogP contribution >= 0.6 is 0 Å². The monoisotopic (exact) mass is 497 g/mol. The Hall–Kier alpha value is -3.31. The van der Waals surface area contributed by atoms with Gasteiger partial charge in [0, 0.05) is 37.6 Å². The van der Waals surface area contributed by atoms with Gasteiger partial charge in [-0.2, -0.15) is 0 Å². The van der Waals surface area contributed by atoms with Crippen LogP contribution in [0.25, 0.3) is 11.1 Å². The second-order valence-corrected chi connectivity index (χ2v) is 10.6. The molecular formula is C32H36FN3O. The second kappa shape index (κ2) is 10.6. The van der Waals surface area contributed by atoms with Crippen molar-refractivity contribution in [2.24, 2.45) is 0 Å². The van der Waals surface area contributed by atoms with Crippen LogP contribution in [0.2, 0.25) is 0 Å². The quantitative estimate of drug-likeness (QED) is 0.374. The summed E-state index contributed by atoms with van der Waals surface area (Å²) in [6.07, 6.45) is 6.01. The highest BCUT2D eigenvalue weighted by molar-refractivity contribution is 6.00. The molecule has 2 heterocycles. The number of nitrogens with two attached hydrogens (primary N) is 1. The topological polar surface area (TPSA) is 50.5 Å². The maximum absolute atomic E-state index is 12.5. The molecule has 6 rings (SSSR count). The lowest BCUT2D eigenvalue weighted by atomic mass is 9.87. The smallest absolute Gasteiger partial charge is 0.119 e. The summed E-state index contributed by atoms with van der Waals surface area (Å²) in [4.78, 5) is 2.30. The third-order valence-corrected chi connectivity index (χ3v) is 8.02. The van der Waals surface area contributed by atoms with Crippen molar-refractivity contribution in [3.8, 4) is 5.75 Å². The summed E-state index contributed by atoms with van der Waals surface area (Å²) in [7, 11) is 0. The Morgan fingerprint density at radius 2 is 1.81 bits per heavy atom. The average molecular weight is 498 g/mol. The molecule has 1 fully saturated rings. The van der Waals surface area contributed by atoms with Gasteiger partial charge in [-0.3, -0.25) is 9.29 Å². The molecule has 1 atom stereocenters. The van der Waals surface area contributed by atoms with E-state index >= 15 is 0 Å². The molecule has 3 aliphatic rings. The van der Waals surface area contributed by atoms with E-state index in [0.717, 1.165) is 69.7 Å². The Morgan fingerprint density at radius 3 is 2.68 bits per heavy atom. The first kappa shape index (κ1) is 24.1. The van der Waals surface area contributed by atoms with E-state index in [1.54, 1.807) is 0 Å². The summed E-state index contributed by atoms with van der Waals surface area (Å²) in [5.41, 5.74) is 17.6. The summed E-state index contributed by atoms with van der Waals surface area (Å²) in [6, 6.07) is 21.9. The molecule has 0 bridgehead atoms. The first-order valence-corrected chi connectivity index (χ1v) is 13.7. The van der Waals surface area contributed by atoms with Gasteiger partial charge in [-0.25, -0.2) is 0 Å². The van der Waals surface area contributed by atoms with E-state index in [1.807, 2.05) is 6.07 Å². The molecule has 0 unspecified atom stereocenters. The molecule has 1 aliphatic carbocycles. The van der Waals surface area contributed by atoms with Crippen molar-refractivity contribution in [2.45, 2.75) is 44.6 Å². The number of nitrogen functional groups attached to an aromatic ring is 1. The fourth-order valence-electron chi connectivity index (χ4n) is 6.19. The van der Waals surface area contributed by atoms with Crippen LogP contribution in [-0.4, -0.2) is 43.9 Å². The second-order valence-electron chi connectivity index (χ2n) is 10.6. The summed E-state index contributed by atoms with van der Waals surface area (Å²) >= 11 is 0. The predicted octanol–water partition coefficient (Wildman–Crippen LogP) is 6.34. The lowest BCUT2D eigenvalue weighted by molar-refractivity contribution is 0.198. The molecule has 3 N–H and O–H groups in total. The summed E-state index contributed by atoms with van der Waals surface area (Å²) in [6.45, 7) is 3.44. The Labute approximate surface area is 219 Å². The predicted molar refractivity (Wildman–Crippen MR) is 151 cm³/mol. The van der Waals surface area contributed by atoms with Crippen LogP contribution in [0.15, 0.2) is 60.7 Å². The fourth-order valence-corrected chi connectivity index (χ4v) is 6.19. The number of alkyl halides is 1. The lowest BCUT2D eigenvalue weighted by Gasteiger charge is -2.19. The van der Waals surface area contributed by atoms with Crippen LogP contribution in [0.4, 0.5) is 15.8 Å². The van der Waals surface area contributed by atoms with Gasteiger partial charge in [0.05, 0.1) is 6.67 Å². The molecule has 0 radical (unpaired) electrons. The maximum Gasteiger partial charge on any atom is 0.119 e. The summed E-state index contributed by atoms with van der Waals surface area (Å²) in [5.74, 6) is 0.901. The molecule has 4 nitrogen and oxygen atoms in total. The molecule has 37 heavy (non-hydrogen) atoms. The zero-order chi connectivity index (χ0) is 25.2. The standard InChI is InChI=1S/C32H36FN3O/c33-15-2-17-36-18-14-28(21-36)37-27-9-5-22(6-10-27)32-29(24-7-12-31-25(19-24)13-16-35-31)4-1-3-23-20-26(34)8-11-30(23)32/h5-12,19-20,28,35H,1-4,13-18,21,34H2/t28-/m0/s1. The van der Waals surface area contributed by atoms with Crippen molar-refractivity contribution in [3.05, 3.63) is 88.5 Å². The van der Waals surface area contributed by atoms with Crippen LogP contribution in [0.3, 0.4) is 0 Å². The molecule has 3 aromatic carbocycles. The highest BCUT2D eigenvalue weighted by Crippen LogP contribution is 2.41. The van der Waals surface area contributed by atoms with Gasteiger partial charge >= 0.3 is 0 Å². The van der Waals surface area contributed by atoms with Gasteiger partial charge in [-0.1, -0.05) is 24.3 Å². The minimum atomic E-state index is -0.251. The molecule has 192 valence electrons. The Morgan fingerprint density at radius 1 is 0.946 bits per heavy atom. The van der Waals surface area contributed by atoms with Crippen molar-refractivity contribution in [1.29, 1.82) is 0 Å². The number of rotatable bonds is 7. The van der Waals surface area contributed by atoms with E-state index in [0.29, 0.717) is 6.42 Å². The number of aryl methyl sites for hydroxylation is 1. The summed E-state index contributed by atoms with van der Waals surface area (Å²) in [5, 5.41) is 3.49. The van der Waals surface area contributed by atoms with Gasteiger partial charge in [0.25, 0.3) is 0 Å². The molecule has 0 amide bonds. The molecule has 1 saturated heterocycles. The van der Waals surface area contributed by atoms with Gasteiger partial charge < -0.3 is 15.8 Å². The lowest BCUT2D eigenvalue weighted by Crippen LogP contribution is -2.26. The van der Waals surface area contributed by atoms with E-state index in [4.69, 9.17) is 10.5 Å². The highest BCUT2D eigenvalue weighted by Gasteiger charge is 2.24.